The van der Waals surface area contributed by atoms with E-state index in [4.69, 9.17) is 0 Å². The summed E-state index contributed by atoms with van der Waals surface area (Å²) in [6, 6.07) is 0. The topological polar surface area (TPSA) is 17.1 Å². The molecule has 0 aromatic heterocycles. The van der Waals surface area contributed by atoms with Gasteiger partial charge in [-0.3, -0.25) is 4.79 Å². The zero-order valence-electron chi connectivity index (χ0n) is 12.7. The first-order valence-corrected chi connectivity index (χ1v) is 7.37. The summed E-state index contributed by atoms with van der Waals surface area (Å²) in [4.78, 5) is 12.8. The summed E-state index contributed by atoms with van der Waals surface area (Å²) in [5, 5.41) is 0. The van der Waals surface area contributed by atoms with E-state index in [2.05, 4.69) is 41.2 Å². The van der Waals surface area contributed by atoms with Crippen molar-refractivity contribution in [1.82, 2.24) is 0 Å². The van der Waals surface area contributed by atoms with Crippen LogP contribution in [0.15, 0.2) is 12.7 Å². The number of rotatable bonds is 2. The van der Waals surface area contributed by atoms with E-state index >= 15 is 0 Å². The Bertz CT molecular complexity index is 377. The largest absolute Gasteiger partial charge is 0.299 e. The van der Waals surface area contributed by atoms with Crippen LogP contribution >= 0.6 is 0 Å². The minimum absolute atomic E-state index is 0.0762. The molecule has 0 aliphatic heterocycles. The fourth-order valence-corrected chi connectivity index (χ4v) is 5.31. The Labute approximate surface area is 112 Å². The number of allylic oxidation sites excluding steroid dienone is 1. The maximum absolute atomic E-state index is 12.8. The van der Waals surface area contributed by atoms with Gasteiger partial charge in [0.25, 0.3) is 0 Å². The molecule has 2 rings (SSSR count). The van der Waals surface area contributed by atoms with E-state index in [0.29, 0.717) is 17.6 Å². The molecular weight excluding hydrogens is 220 g/mol. The Morgan fingerprint density at radius 1 is 1.33 bits per heavy atom. The Kier molecular flexibility index (Phi) is 3.04. The molecule has 102 valence electrons. The van der Waals surface area contributed by atoms with Gasteiger partial charge in [-0.05, 0) is 41.9 Å². The molecule has 2 saturated carbocycles. The van der Waals surface area contributed by atoms with Crippen LogP contribution in [0.1, 0.15) is 60.3 Å². The van der Waals surface area contributed by atoms with Gasteiger partial charge in [0.1, 0.15) is 5.78 Å². The molecule has 18 heavy (non-hydrogen) atoms. The lowest BCUT2D eigenvalue weighted by molar-refractivity contribution is -0.142. The molecule has 0 radical (unpaired) electrons. The monoisotopic (exact) mass is 248 g/mol. The lowest BCUT2D eigenvalue weighted by atomic mass is 9.54. The molecule has 2 fully saturated rings. The van der Waals surface area contributed by atoms with E-state index in [9.17, 15) is 4.79 Å². The first-order valence-electron chi connectivity index (χ1n) is 7.37. The zero-order chi connectivity index (χ0) is 13.8. The average molecular weight is 248 g/mol. The number of carbonyl (C=O) groups is 1. The normalized spacial score (nSPS) is 41.5. The van der Waals surface area contributed by atoms with Gasteiger partial charge in [-0.25, -0.2) is 0 Å². The minimum Gasteiger partial charge on any atom is -0.299 e. The molecule has 2 aliphatic rings. The second-order valence-electron chi connectivity index (χ2n) is 7.60. The van der Waals surface area contributed by atoms with Crippen LogP contribution in [0.25, 0.3) is 0 Å². The van der Waals surface area contributed by atoms with Crippen LogP contribution in [0, 0.1) is 28.1 Å². The predicted molar refractivity (Wildman–Crippen MR) is 76.3 cm³/mol. The second kappa shape index (κ2) is 3.95. The maximum Gasteiger partial charge on any atom is 0.140 e. The highest BCUT2D eigenvalue weighted by atomic mass is 16.1. The molecular formula is C17H28O. The van der Waals surface area contributed by atoms with Gasteiger partial charge in [0.15, 0.2) is 0 Å². The van der Waals surface area contributed by atoms with E-state index in [0.717, 1.165) is 19.3 Å². The number of fused-ring (bicyclic) bond motifs is 1. The lowest BCUT2D eigenvalue weighted by Crippen LogP contribution is -2.48. The number of carbonyl (C=O) groups excluding carboxylic acids is 1. The molecule has 0 spiro atoms. The minimum atomic E-state index is -0.157. The van der Waals surface area contributed by atoms with Crippen molar-refractivity contribution in [1.29, 1.82) is 0 Å². The number of Topliss-reactive ketones (excluding diaryl/α,β-unsaturated/α-hetero) is 1. The van der Waals surface area contributed by atoms with Crippen molar-refractivity contribution in [3.8, 4) is 0 Å². The standard InChI is InChI=1S/C17H28O/c1-7-11-17-13(9-8-10-14(17)18)15(3,4)12(2)16(17,5)6/h7,12-13H,1,8-11H2,2-6H3. The number of hydrogen-bond acceptors (Lipinski definition) is 1. The predicted octanol–water partition coefficient (Wildman–Crippen LogP) is 4.62. The maximum atomic E-state index is 12.8. The van der Waals surface area contributed by atoms with Gasteiger partial charge in [0.2, 0.25) is 0 Å². The van der Waals surface area contributed by atoms with Crippen molar-refractivity contribution >= 4 is 5.78 Å². The SMILES string of the molecule is C=CCC12C(=O)CCCC1C(C)(C)C(C)C2(C)C. The van der Waals surface area contributed by atoms with Gasteiger partial charge < -0.3 is 0 Å². The van der Waals surface area contributed by atoms with E-state index in [1.54, 1.807) is 0 Å². The summed E-state index contributed by atoms with van der Waals surface area (Å²) in [7, 11) is 0. The van der Waals surface area contributed by atoms with Gasteiger partial charge >= 0.3 is 0 Å². The highest BCUT2D eigenvalue weighted by Gasteiger charge is 2.68. The summed E-state index contributed by atoms with van der Waals surface area (Å²) >= 11 is 0. The van der Waals surface area contributed by atoms with Crippen LogP contribution in [0.3, 0.4) is 0 Å². The quantitative estimate of drug-likeness (QED) is 0.652. The molecule has 1 nitrogen and oxygen atoms in total. The molecule has 3 atom stereocenters. The molecule has 2 aliphatic carbocycles. The van der Waals surface area contributed by atoms with Gasteiger partial charge in [0.05, 0.1) is 0 Å². The fraction of sp³-hybridized carbons (Fsp3) is 0.824. The third kappa shape index (κ3) is 1.37. The van der Waals surface area contributed by atoms with Crippen LogP contribution < -0.4 is 0 Å². The van der Waals surface area contributed by atoms with Gasteiger partial charge in [-0.2, -0.15) is 0 Å². The molecule has 0 bridgehead atoms. The molecule has 0 amide bonds. The number of ketones is 1. The average Bonchev–Trinajstić information content (AvgIpc) is 2.40. The van der Waals surface area contributed by atoms with Crippen molar-refractivity contribution in [2.24, 2.45) is 28.1 Å². The van der Waals surface area contributed by atoms with Crippen LogP contribution in [-0.2, 0) is 4.79 Å². The Hall–Kier alpha value is -0.590. The molecule has 3 unspecified atom stereocenters. The fourth-order valence-electron chi connectivity index (χ4n) is 5.31. The molecule has 0 aromatic carbocycles. The molecule has 0 aromatic rings. The second-order valence-corrected chi connectivity index (χ2v) is 7.60. The number of hydrogen-bond donors (Lipinski definition) is 0. The third-order valence-electron chi connectivity index (χ3n) is 6.70. The van der Waals surface area contributed by atoms with Crippen LogP contribution in [0.4, 0.5) is 0 Å². The molecule has 0 saturated heterocycles. The highest BCUT2D eigenvalue weighted by molar-refractivity contribution is 5.87. The van der Waals surface area contributed by atoms with Crippen molar-refractivity contribution in [2.45, 2.75) is 60.3 Å². The van der Waals surface area contributed by atoms with E-state index in [1.165, 1.54) is 6.42 Å². The molecule has 0 N–H and O–H groups in total. The summed E-state index contributed by atoms with van der Waals surface area (Å²) < 4.78 is 0. The summed E-state index contributed by atoms with van der Waals surface area (Å²) in [5.74, 6) is 1.59. The first-order chi connectivity index (χ1) is 8.23. The van der Waals surface area contributed by atoms with Crippen LogP contribution in [0.5, 0.6) is 0 Å². The summed E-state index contributed by atoms with van der Waals surface area (Å²) in [5.41, 5.74) is 0.172. The van der Waals surface area contributed by atoms with Gasteiger partial charge in [-0.15, -0.1) is 6.58 Å². The smallest absolute Gasteiger partial charge is 0.140 e. The van der Waals surface area contributed by atoms with Crippen molar-refractivity contribution in [3.05, 3.63) is 12.7 Å². The van der Waals surface area contributed by atoms with Gasteiger partial charge in [-0.1, -0.05) is 40.7 Å². The van der Waals surface area contributed by atoms with E-state index in [1.807, 2.05) is 6.08 Å². The van der Waals surface area contributed by atoms with Gasteiger partial charge in [0, 0.05) is 11.8 Å². The summed E-state index contributed by atoms with van der Waals surface area (Å²) in [6.07, 6.45) is 5.90. The van der Waals surface area contributed by atoms with Crippen LogP contribution in [-0.4, -0.2) is 5.78 Å². The van der Waals surface area contributed by atoms with Crippen molar-refractivity contribution in [2.75, 3.05) is 0 Å². The zero-order valence-corrected chi connectivity index (χ0v) is 12.7. The Morgan fingerprint density at radius 2 is 1.94 bits per heavy atom. The molecule has 0 heterocycles. The summed E-state index contributed by atoms with van der Waals surface area (Å²) in [6.45, 7) is 15.6. The first kappa shape index (κ1) is 13.8. The lowest BCUT2D eigenvalue weighted by Gasteiger charge is -2.48. The Balaban J connectivity index is 2.63. The van der Waals surface area contributed by atoms with E-state index < -0.39 is 0 Å². The molecule has 1 heteroatoms. The van der Waals surface area contributed by atoms with Crippen molar-refractivity contribution < 1.29 is 4.79 Å². The third-order valence-corrected chi connectivity index (χ3v) is 6.70. The highest BCUT2D eigenvalue weighted by Crippen LogP contribution is 2.71. The van der Waals surface area contributed by atoms with Crippen LogP contribution in [0.2, 0.25) is 0 Å². The van der Waals surface area contributed by atoms with E-state index in [-0.39, 0.29) is 16.2 Å². The Morgan fingerprint density at radius 3 is 2.50 bits per heavy atom. The van der Waals surface area contributed by atoms with Crippen molar-refractivity contribution in [3.63, 3.8) is 0 Å².